The predicted molar refractivity (Wildman–Crippen MR) is 96.4 cm³/mol. The molecule has 0 radical (unpaired) electrons. The van der Waals surface area contributed by atoms with Crippen molar-refractivity contribution in [3.05, 3.63) is 57.8 Å². The molecule has 0 aliphatic carbocycles. The van der Waals surface area contributed by atoms with Crippen molar-refractivity contribution < 1.29 is 19.1 Å². The lowest BCUT2D eigenvalue weighted by Crippen LogP contribution is -2.38. The van der Waals surface area contributed by atoms with Crippen molar-refractivity contribution in [3.8, 4) is 5.75 Å². The highest BCUT2D eigenvalue weighted by Gasteiger charge is 2.21. The van der Waals surface area contributed by atoms with Gasteiger partial charge in [-0.1, -0.05) is 12.1 Å². The third-order valence-electron chi connectivity index (χ3n) is 4.00. The van der Waals surface area contributed by atoms with Crippen LogP contribution in [0.3, 0.4) is 0 Å². The molecule has 1 aliphatic heterocycles. The maximum atomic E-state index is 12.2. The molecule has 0 N–H and O–H groups in total. The molecule has 130 valence electrons. The Morgan fingerprint density at radius 3 is 3.04 bits per heavy atom. The van der Waals surface area contributed by atoms with E-state index in [0.717, 1.165) is 12.0 Å². The zero-order valence-electron chi connectivity index (χ0n) is 13.9. The Morgan fingerprint density at radius 1 is 1.32 bits per heavy atom. The number of amides is 1. The Balaban J connectivity index is 1.48. The van der Waals surface area contributed by atoms with Crippen LogP contribution in [0, 0.1) is 0 Å². The molecule has 1 amide bonds. The Morgan fingerprint density at radius 2 is 2.20 bits per heavy atom. The van der Waals surface area contributed by atoms with Gasteiger partial charge >= 0.3 is 5.97 Å². The number of carbonyl (C=O) groups excluding carboxylic acids is 2. The summed E-state index contributed by atoms with van der Waals surface area (Å²) in [6, 6.07) is 9.36. The van der Waals surface area contributed by atoms with E-state index in [-0.39, 0.29) is 12.5 Å². The summed E-state index contributed by atoms with van der Waals surface area (Å²) in [6.07, 6.45) is 3.81. The van der Waals surface area contributed by atoms with Crippen LogP contribution in [0.15, 0.2) is 41.8 Å². The summed E-state index contributed by atoms with van der Waals surface area (Å²) in [5, 5.41) is 2.04. The lowest BCUT2D eigenvalue weighted by Gasteiger charge is -2.26. The number of nitrogens with zero attached hydrogens (tertiary/aromatic N) is 1. The van der Waals surface area contributed by atoms with Gasteiger partial charge in [-0.25, -0.2) is 4.79 Å². The average molecular weight is 357 g/mol. The normalized spacial score (nSPS) is 13.6. The van der Waals surface area contributed by atoms with E-state index in [4.69, 9.17) is 9.47 Å². The molecule has 0 atom stereocenters. The number of hydrogen-bond acceptors (Lipinski definition) is 5. The van der Waals surface area contributed by atoms with E-state index in [9.17, 15) is 9.59 Å². The first-order valence-electron chi connectivity index (χ1n) is 7.97. The second kappa shape index (κ2) is 7.98. The maximum Gasteiger partial charge on any atom is 0.331 e. The fourth-order valence-corrected chi connectivity index (χ4v) is 3.53. The molecule has 0 fully saturated rings. The van der Waals surface area contributed by atoms with Crippen LogP contribution in [0.5, 0.6) is 5.75 Å². The minimum Gasteiger partial charge on any atom is -0.497 e. The summed E-state index contributed by atoms with van der Waals surface area (Å²) in [7, 11) is 1.59. The summed E-state index contributed by atoms with van der Waals surface area (Å²) >= 11 is 1.72. The number of carbonyl (C=O) groups is 2. The molecule has 6 heteroatoms. The Kier molecular flexibility index (Phi) is 5.50. The first-order valence-corrected chi connectivity index (χ1v) is 8.85. The number of methoxy groups -OCH3 is 1. The summed E-state index contributed by atoms with van der Waals surface area (Å²) in [5.41, 5.74) is 2.01. The lowest BCUT2D eigenvalue weighted by atomic mass is 10.1. The van der Waals surface area contributed by atoms with Gasteiger partial charge < -0.3 is 14.4 Å². The zero-order chi connectivity index (χ0) is 17.6. The predicted octanol–water partition coefficient (Wildman–Crippen LogP) is 2.90. The van der Waals surface area contributed by atoms with Crippen LogP contribution in [-0.2, 0) is 27.3 Å². The minimum atomic E-state index is -0.538. The molecule has 3 rings (SSSR count). The standard InChI is InChI=1S/C19H19NO4S/c1-23-16-4-2-3-14(11-16)5-6-19(22)24-13-18(21)20-9-7-17-15(12-20)8-10-25-17/h2-6,8,10-11H,7,9,12-13H2,1H3/b6-5+. The van der Waals surface area contributed by atoms with Crippen LogP contribution >= 0.6 is 11.3 Å². The van der Waals surface area contributed by atoms with Crippen molar-refractivity contribution in [2.45, 2.75) is 13.0 Å². The van der Waals surface area contributed by atoms with Gasteiger partial charge in [0.2, 0.25) is 0 Å². The monoisotopic (exact) mass is 357 g/mol. The Hall–Kier alpha value is -2.60. The molecular weight excluding hydrogens is 338 g/mol. The van der Waals surface area contributed by atoms with Gasteiger partial charge in [0.1, 0.15) is 5.75 Å². The number of ether oxygens (including phenoxy) is 2. The van der Waals surface area contributed by atoms with E-state index in [1.807, 2.05) is 29.6 Å². The van der Waals surface area contributed by atoms with Gasteiger partial charge in [-0.05, 0) is 47.2 Å². The van der Waals surface area contributed by atoms with Crippen LogP contribution < -0.4 is 4.74 Å². The van der Waals surface area contributed by atoms with Crippen molar-refractivity contribution in [1.82, 2.24) is 4.90 Å². The van der Waals surface area contributed by atoms with Crippen molar-refractivity contribution in [2.75, 3.05) is 20.3 Å². The third kappa shape index (κ3) is 4.48. The third-order valence-corrected chi connectivity index (χ3v) is 5.03. The smallest absolute Gasteiger partial charge is 0.331 e. The van der Waals surface area contributed by atoms with Gasteiger partial charge in [0.25, 0.3) is 5.91 Å². The number of thiophene rings is 1. The first kappa shape index (κ1) is 17.2. The van der Waals surface area contributed by atoms with Gasteiger partial charge in [-0.3, -0.25) is 4.79 Å². The molecular formula is C19H19NO4S. The summed E-state index contributed by atoms with van der Waals surface area (Å²) in [6.45, 7) is 1.03. The van der Waals surface area contributed by atoms with Crippen molar-refractivity contribution in [2.24, 2.45) is 0 Å². The lowest BCUT2D eigenvalue weighted by molar-refractivity contribution is -0.148. The van der Waals surface area contributed by atoms with Crippen molar-refractivity contribution >= 4 is 29.3 Å². The minimum absolute atomic E-state index is 0.167. The molecule has 0 bridgehead atoms. The number of rotatable bonds is 5. The fraction of sp³-hybridized carbons (Fsp3) is 0.263. The van der Waals surface area contributed by atoms with Crippen molar-refractivity contribution in [1.29, 1.82) is 0 Å². The van der Waals surface area contributed by atoms with E-state index in [2.05, 4.69) is 0 Å². The molecule has 0 unspecified atom stereocenters. The van der Waals surface area contributed by atoms with Gasteiger partial charge in [-0.2, -0.15) is 0 Å². The highest BCUT2D eigenvalue weighted by atomic mass is 32.1. The fourth-order valence-electron chi connectivity index (χ4n) is 2.64. The maximum absolute atomic E-state index is 12.2. The van der Waals surface area contributed by atoms with Gasteiger partial charge in [0, 0.05) is 24.0 Å². The molecule has 2 aromatic rings. The van der Waals surface area contributed by atoms with Crippen LogP contribution in [0.1, 0.15) is 16.0 Å². The van der Waals surface area contributed by atoms with Gasteiger partial charge in [0.15, 0.2) is 6.61 Å². The van der Waals surface area contributed by atoms with E-state index in [1.54, 1.807) is 35.5 Å². The Labute approximate surface area is 150 Å². The molecule has 2 heterocycles. The van der Waals surface area contributed by atoms with Gasteiger partial charge in [0.05, 0.1) is 7.11 Å². The SMILES string of the molecule is COc1cccc(/C=C/C(=O)OCC(=O)N2CCc3sccc3C2)c1. The molecule has 1 aromatic carbocycles. The molecule has 0 saturated carbocycles. The van der Waals surface area contributed by atoms with Gasteiger partial charge in [-0.15, -0.1) is 11.3 Å². The number of fused-ring (bicyclic) bond motifs is 1. The van der Waals surface area contributed by atoms with Crippen LogP contribution in [0.4, 0.5) is 0 Å². The van der Waals surface area contributed by atoms with E-state index in [1.165, 1.54) is 16.5 Å². The second-order valence-electron chi connectivity index (χ2n) is 5.65. The molecule has 0 spiro atoms. The zero-order valence-corrected chi connectivity index (χ0v) is 14.8. The number of benzene rings is 1. The highest BCUT2D eigenvalue weighted by molar-refractivity contribution is 7.10. The molecule has 1 aliphatic rings. The summed E-state index contributed by atoms with van der Waals surface area (Å²) in [4.78, 5) is 27.1. The molecule has 5 nitrogen and oxygen atoms in total. The van der Waals surface area contributed by atoms with E-state index < -0.39 is 5.97 Å². The highest BCUT2D eigenvalue weighted by Crippen LogP contribution is 2.23. The number of esters is 1. The van der Waals surface area contributed by atoms with Crippen molar-refractivity contribution in [3.63, 3.8) is 0 Å². The second-order valence-corrected chi connectivity index (χ2v) is 6.65. The topological polar surface area (TPSA) is 55.8 Å². The molecule has 1 aromatic heterocycles. The molecule has 25 heavy (non-hydrogen) atoms. The largest absolute Gasteiger partial charge is 0.497 e. The summed E-state index contributed by atoms with van der Waals surface area (Å²) in [5.74, 6) is 0.00738. The van der Waals surface area contributed by atoms with Crippen LogP contribution in [0.25, 0.3) is 6.08 Å². The average Bonchev–Trinajstić information content (AvgIpc) is 3.12. The van der Waals surface area contributed by atoms with Crippen LogP contribution in [-0.4, -0.2) is 37.0 Å². The summed E-state index contributed by atoms with van der Waals surface area (Å²) < 4.78 is 10.2. The van der Waals surface area contributed by atoms with Crippen LogP contribution in [0.2, 0.25) is 0 Å². The van der Waals surface area contributed by atoms with E-state index in [0.29, 0.717) is 18.8 Å². The number of hydrogen-bond donors (Lipinski definition) is 0. The first-order chi connectivity index (χ1) is 12.2. The quantitative estimate of drug-likeness (QED) is 0.610. The van der Waals surface area contributed by atoms with E-state index >= 15 is 0 Å². The Bertz CT molecular complexity index is 796. The molecule has 0 saturated heterocycles.